The molecule has 0 saturated carbocycles. The predicted molar refractivity (Wildman–Crippen MR) is 126 cm³/mol. The molecule has 0 heterocycles. The zero-order valence-electron chi connectivity index (χ0n) is 18.9. The first-order chi connectivity index (χ1) is 15.8. The Kier molecular flexibility index (Phi) is 9.74. The second-order valence-corrected chi connectivity index (χ2v) is 7.25. The fourth-order valence-corrected chi connectivity index (χ4v) is 3.25. The molecule has 1 amide bonds. The van der Waals surface area contributed by atoms with Crippen molar-refractivity contribution in [3.63, 3.8) is 0 Å². The quantitative estimate of drug-likeness (QED) is 0.324. The van der Waals surface area contributed by atoms with Crippen molar-refractivity contribution >= 4 is 46.3 Å². The highest BCUT2D eigenvalue weighted by molar-refractivity contribution is 6.35. The van der Waals surface area contributed by atoms with Gasteiger partial charge in [-0.05, 0) is 45.0 Å². The number of hydrogen-bond acceptors (Lipinski definition) is 8. The van der Waals surface area contributed by atoms with Gasteiger partial charge in [-0.3, -0.25) is 9.59 Å². The molecule has 0 spiro atoms. The van der Waals surface area contributed by atoms with Crippen LogP contribution in [-0.2, 0) is 9.59 Å². The Morgan fingerprint density at radius 3 is 2.15 bits per heavy atom. The van der Waals surface area contributed by atoms with Crippen molar-refractivity contribution in [2.45, 2.75) is 26.8 Å². The summed E-state index contributed by atoms with van der Waals surface area (Å²) in [4.78, 5) is 25.2. The van der Waals surface area contributed by atoms with Crippen LogP contribution in [0.15, 0.2) is 34.5 Å². The monoisotopic (exact) mass is 497 g/mol. The number of ketones is 1. The van der Waals surface area contributed by atoms with E-state index in [4.69, 9.17) is 42.1 Å². The number of hydrogen-bond donors (Lipinski definition) is 1. The predicted octanol–water partition coefficient (Wildman–Crippen LogP) is 5.49. The molecule has 9 nitrogen and oxygen atoms in total. The van der Waals surface area contributed by atoms with E-state index < -0.39 is 17.7 Å². The maximum Gasteiger partial charge on any atom is 0.258 e. The Balaban J connectivity index is 2.43. The number of carbonyl (C=O) groups excluding carboxylic acids is 2. The number of azo groups is 1. The van der Waals surface area contributed by atoms with Crippen LogP contribution in [0.3, 0.4) is 0 Å². The molecule has 0 radical (unpaired) electrons. The molecular weight excluding hydrogens is 473 g/mol. The smallest absolute Gasteiger partial charge is 0.258 e. The molecule has 178 valence electrons. The number of nitrogens with zero attached hydrogens (tertiary/aromatic N) is 2. The molecule has 0 aliphatic rings. The fraction of sp³-hybridized carbons (Fsp3) is 0.364. The first-order valence-corrected chi connectivity index (χ1v) is 10.7. The number of Topliss-reactive ketones (excluding diaryl/α,β-unsaturated/α-hetero) is 1. The summed E-state index contributed by atoms with van der Waals surface area (Å²) in [5.74, 6) is -0.0787. The van der Waals surface area contributed by atoms with Crippen molar-refractivity contribution in [1.82, 2.24) is 0 Å². The molecule has 2 aromatic rings. The minimum atomic E-state index is -1.49. The number of benzene rings is 2. The number of amides is 1. The lowest BCUT2D eigenvalue weighted by atomic mass is 10.2. The topological polar surface area (TPSA) is 108 Å². The molecule has 0 aromatic heterocycles. The van der Waals surface area contributed by atoms with Crippen LogP contribution < -0.4 is 24.3 Å². The third kappa shape index (κ3) is 6.27. The van der Waals surface area contributed by atoms with Crippen molar-refractivity contribution in [3.8, 4) is 23.0 Å². The van der Waals surface area contributed by atoms with Gasteiger partial charge in [0.1, 0.15) is 27.9 Å². The minimum Gasteiger partial charge on any atom is -0.493 e. The van der Waals surface area contributed by atoms with E-state index >= 15 is 0 Å². The lowest BCUT2D eigenvalue weighted by Crippen LogP contribution is -2.32. The third-order valence-corrected chi connectivity index (χ3v) is 4.97. The third-order valence-electron chi connectivity index (χ3n) is 4.29. The van der Waals surface area contributed by atoms with Gasteiger partial charge >= 0.3 is 0 Å². The second-order valence-electron chi connectivity index (χ2n) is 6.47. The SMILES string of the molecule is CCOc1ccc(OCC)c(N=NC(C(C)=O)C(=O)Nc2c(Cl)ccc(OC)c2OC)c1Cl. The summed E-state index contributed by atoms with van der Waals surface area (Å²) in [6.45, 7) is 5.54. The normalized spacial score (nSPS) is 11.7. The van der Waals surface area contributed by atoms with Crippen molar-refractivity contribution < 1.29 is 28.5 Å². The summed E-state index contributed by atoms with van der Waals surface area (Å²) < 4.78 is 21.5. The van der Waals surface area contributed by atoms with Crippen molar-refractivity contribution in [3.05, 3.63) is 34.3 Å². The lowest BCUT2D eigenvalue weighted by Gasteiger charge is -2.16. The summed E-state index contributed by atoms with van der Waals surface area (Å²) in [6, 6.07) is 4.89. The number of anilines is 1. The molecule has 0 fully saturated rings. The molecular formula is C22H25Cl2N3O6. The standard InChI is InChI=1S/C22H25Cl2N3O6/c1-6-32-14-10-11-15(33-7-2)20(17(14)24)27-26-18(12(3)28)22(29)25-19-13(23)8-9-16(30-4)21(19)31-5/h8-11,18H,6-7H2,1-5H3,(H,25,29). The Hall–Kier alpha value is -3.04. The average Bonchev–Trinajstić information content (AvgIpc) is 2.78. The van der Waals surface area contributed by atoms with E-state index in [-0.39, 0.29) is 27.2 Å². The van der Waals surface area contributed by atoms with E-state index in [0.717, 1.165) is 0 Å². The van der Waals surface area contributed by atoms with E-state index in [1.165, 1.54) is 27.2 Å². The summed E-state index contributed by atoms with van der Waals surface area (Å²) in [5.41, 5.74) is 0.275. The number of halogens is 2. The minimum absolute atomic E-state index is 0.136. The van der Waals surface area contributed by atoms with Crippen LogP contribution in [0.2, 0.25) is 10.0 Å². The molecule has 0 aliphatic carbocycles. The molecule has 0 saturated heterocycles. The van der Waals surface area contributed by atoms with Crippen molar-refractivity contribution in [2.24, 2.45) is 10.2 Å². The van der Waals surface area contributed by atoms with Gasteiger partial charge in [0.25, 0.3) is 5.91 Å². The summed E-state index contributed by atoms with van der Waals surface area (Å²) in [7, 11) is 2.84. The van der Waals surface area contributed by atoms with Gasteiger partial charge in [0.2, 0.25) is 6.04 Å². The summed E-state index contributed by atoms with van der Waals surface area (Å²) in [5, 5.41) is 10.9. The molecule has 0 aliphatic heterocycles. The van der Waals surface area contributed by atoms with Crippen LogP contribution in [0, 0.1) is 0 Å². The highest BCUT2D eigenvalue weighted by Crippen LogP contribution is 2.43. The van der Waals surface area contributed by atoms with Gasteiger partial charge in [0.05, 0.1) is 32.5 Å². The largest absolute Gasteiger partial charge is 0.493 e. The Labute approximate surface area is 202 Å². The van der Waals surface area contributed by atoms with Gasteiger partial charge in [-0.25, -0.2) is 0 Å². The fourth-order valence-electron chi connectivity index (χ4n) is 2.81. The van der Waals surface area contributed by atoms with Gasteiger partial charge in [-0.1, -0.05) is 23.2 Å². The average molecular weight is 498 g/mol. The molecule has 2 rings (SSSR count). The summed E-state index contributed by atoms with van der Waals surface area (Å²) in [6.07, 6.45) is 0. The number of methoxy groups -OCH3 is 2. The maximum atomic E-state index is 12.9. The van der Waals surface area contributed by atoms with E-state index in [9.17, 15) is 9.59 Å². The zero-order valence-corrected chi connectivity index (χ0v) is 20.4. The number of ether oxygens (including phenoxy) is 4. The zero-order chi connectivity index (χ0) is 24.5. The van der Waals surface area contributed by atoms with Crippen molar-refractivity contribution in [2.75, 3.05) is 32.8 Å². The molecule has 1 atom stereocenters. The maximum absolute atomic E-state index is 12.9. The highest BCUT2D eigenvalue weighted by Gasteiger charge is 2.27. The number of nitrogens with one attached hydrogen (secondary N) is 1. The Morgan fingerprint density at radius 1 is 0.970 bits per heavy atom. The van der Waals surface area contributed by atoms with Crippen LogP contribution in [0.1, 0.15) is 20.8 Å². The molecule has 0 bridgehead atoms. The van der Waals surface area contributed by atoms with Crippen LogP contribution in [0.25, 0.3) is 0 Å². The van der Waals surface area contributed by atoms with Crippen molar-refractivity contribution in [1.29, 1.82) is 0 Å². The van der Waals surface area contributed by atoms with Crippen LogP contribution in [-0.4, -0.2) is 45.2 Å². The number of rotatable bonds is 11. The molecule has 1 unspecified atom stereocenters. The Bertz CT molecular complexity index is 1050. The molecule has 11 heteroatoms. The van der Waals surface area contributed by atoms with Crippen LogP contribution >= 0.6 is 23.2 Å². The molecule has 2 aromatic carbocycles. The number of carbonyl (C=O) groups is 2. The highest BCUT2D eigenvalue weighted by atomic mass is 35.5. The van der Waals surface area contributed by atoms with E-state index in [0.29, 0.717) is 30.5 Å². The van der Waals surface area contributed by atoms with Crippen LogP contribution in [0.5, 0.6) is 23.0 Å². The van der Waals surface area contributed by atoms with Gasteiger partial charge in [0.15, 0.2) is 17.3 Å². The molecule has 1 N–H and O–H groups in total. The Morgan fingerprint density at radius 2 is 1.58 bits per heavy atom. The van der Waals surface area contributed by atoms with Gasteiger partial charge in [-0.15, -0.1) is 5.11 Å². The van der Waals surface area contributed by atoms with Gasteiger partial charge < -0.3 is 24.3 Å². The van der Waals surface area contributed by atoms with E-state index in [1.807, 2.05) is 6.92 Å². The first kappa shape index (κ1) is 26.2. The first-order valence-electron chi connectivity index (χ1n) is 9.99. The summed E-state index contributed by atoms with van der Waals surface area (Å²) >= 11 is 12.6. The lowest BCUT2D eigenvalue weighted by molar-refractivity contribution is -0.126. The second kappa shape index (κ2) is 12.3. The molecule has 33 heavy (non-hydrogen) atoms. The van der Waals surface area contributed by atoms with E-state index in [1.54, 1.807) is 25.1 Å². The van der Waals surface area contributed by atoms with Gasteiger partial charge in [0, 0.05) is 0 Å². The van der Waals surface area contributed by atoms with Crippen LogP contribution in [0.4, 0.5) is 11.4 Å². The van der Waals surface area contributed by atoms with Gasteiger partial charge in [-0.2, -0.15) is 5.11 Å². The van der Waals surface area contributed by atoms with E-state index in [2.05, 4.69) is 15.5 Å².